The summed E-state index contributed by atoms with van der Waals surface area (Å²) in [4.78, 5) is 8.78. The summed E-state index contributed by atoms with van der Waals surface area (Å²) in [7, 11) is 0. The van der Waals surface area contributed by atoms with E-state index in [-0.39, 0.29) is 6.10 Å². The summed E-state index contributed by atoms with van der Waals surface area (Å²) >= 11 is 9.27. The van der Waals surface area contributed by atoms with Crippen molar-refractivity contribution in [3.63, 3.8) is 0 Å². The minimum atomic E-state index is 0.290. The molecular formula is C11H11BrClN3O. The lowest BCUT2D eigenvalue weighted by atomic mass is 10.2. The number of halogens is 2. The molecule has 1 aliphatic heterocycles. The largest absolute Gasteiger partial charge is 0.376 e. The second-order valence-electron chi connectivity index (χ2n) is 4.03. The van der Waals surface area contributed by atoms with Crippen molar-refractivity contribution in [1.82, 2.24) is 14.5 Å². The fourth-order valence-electron chi connectivity index (χ4n) is 1.97. The van der Waals surface area contributed by atoms with Gasteiger partial charge in [0.15, 0.2) is 5.65 Å². The molecule has 6 heteroatoms. The minimum Gasteiger partial charge on any atom is -0.376 e. The molecule has 0 N–H and O–H groups in total. The Kier molecular flexibility index (Phi) is 3.06. The average Bonchev–Trinajstić information content (AvgIpc) is 2.60. The number of imidazole rings is 1. The van der Waals surface area contributed by atoms with Gasteiger partial charge in [-0.2, -0.15) is 0 Å². The van der Waals surface area contributed by atoms with Crippen molar-refractivity contribution in [3.05, 3.63) is 22.6 Å². The maximum absolute atomic E-state index is 5.92. The lowest BCUT2D eigenvalue weighted by Crippen LogP contribution is -2.31. The van der Waals surface area contributed by atoms with Crippen molar-refractivity contribution in [2.45, 2.75) is 24.9 Å². The zero-order valence-corrected chi connectivity index (χ0v) is 11.4. The van der Waals surface area contributed by atoms with Crippen molar-refractivity contribution in [3.8, 4) is 0 Å². The SMILES string of the molecule is ClCc1nc2nc(Br)ccc2n1C[C@@H]1CCO1. The highest BCUT2D eigenvalue weighted by molar-refractivity contribution is 9.10. The predicted molar refractivity (Wildman–Crippen MR) is 69.1 cm³/mol. The van der Waals surface area contributed by atoms with Crippen molar-refractivity contribution >= 4 is 38.7 Å². The fraction of sp³-hybridized carbons (Fsp3) is 0.455. The molecule has 1 saturated heterocycles. The number of alkyl halides is 1. The van der Waals surface area contributed by atoms with Gasteiger partial charge < -0.3 is 9.30 Å². The van der Waals surface area contributed by atoms with Crippen molar-refractivity contribution in [2.75, 3.05) is 6.61 Å². The van der Waals surface area contributed by atoms with Crippen LogP contribution in [0.1, 0.15) is 12.2 Å². The van der Waals surface area contributed by atoms with Gasteiger partial charge in [0.25, 0.3) is 0 Å². The molecule has 1 atom stereocenters. The number of aromatic nitrogens is 3. The van der Waals surface area contributed by atoms with E-state index in [1.807, 2.05) is 12.1 Å². The smallest absolute Gasteiger partial charge is 0.179 e. The van der Waals surface area contributed by atoms with E-state index in [4.69, 9.17) is 16.3 Å². The first-order valence-electron chi connectivity index (χ1n) is 5.47. The van der Waals surface area contributed by atoms with Crippen LogP contribution in [0.4, 0.5) is 0 Å². The third-order valence-electron chi connectivity index (χ3n) is 2.96. The highest BCUT2D eigenvalue weighted by atomic mass is 79.9. The molecule has 4 nitrogen and oxygen atoms in total. The molecule has 0 radical (unpaired) electrons. The van der Waals surface area contributed by atoms with Crippen molar-refractivity contribution < 1.29 is 4.74 Å². The predicted octanol–water partition coefficient (Wildman–Crippen LogP) is 2.72. The molecular weight excluding hydrogens is 305 g/mol. The molecule has 0 aliphatic carbocycles. The number of rotatable bonds is 3. The molecule has 3 rings (SSSR count). The van der Waals surface area contributed by atoms with E-state index >= 15 is 0 Å². The van der Waals surface area contributed by atoms with Crippen LogP contribution in [0.3, 0.4) is 0 Å². The molecule has 3 heterocycles. The second kappa shape index (κ2) is 4.55. The molecule has 1 fully saturated rings. The normalized spacial score (nSPS) is 19.5. The topological polar surface area (TPSA) is 39.9 Å². The van der Waals surface area contributed by atoms with Gasteiger partial charge in [0.2, 0.25) is 0 Å². The van der Waals surface area contributed by atoms with Crippen LogP contribution in [0.2, 0.25) is 0 Å². The molecule has 0 bridgehead atoms. The van der Waals surface area contributed by atoms with E-state index in [0.29, 0.717) is 5.88 Å². The third-order valence-corrected chi connectivity index (χ3v) is 3.64. The number of nitrogens with zero attached hydrogens (tertiary/aromatic N) is 3. The summed E-state index contributed by atoms with van der Waals surface area (Å²) in [6.07, 6.45) is 1.39. The van der Waals surface area contributed by atoms with Gasteiger partial charge in [0.05, 0.1) is 24.0 Å². The maximum atomic E-state index is 5.92. The van der Waals surface area contributed by atoms with Gasteiger partial charge in [-0.25, -0.2) is 9.97 Å². The Balaban J connectivity index is 2.05. The maximum Gasteiger partial charge on any atom is 0.179 e. The van der Waals surface area contributed by atoms with Crippen LogP contribution in [-0.4, -0.2) is 27.2 Å². The molecule has 17 heavy (non-hydrogen) atoms. The third kappa shape index (κ3) is 2.07. The molecule has 0 amide bonds. The number of hydrogen-bond donors (Lipinski definition) is 0. The van der Waals surface area contributed by atoms with Crippen LogP contribution in [0.15, 0.2) is 16.7 Å². The standard InChI is InChI=1S/C11H11BrClN3O/c12-9-2-1-8-11(14-9)15-10(5-13)16(8)6-7-3-4-17-7/h1-2,7H,3-6H2/t7-/m0/s1. The minimum absolute atomic E-state index is 0.290. The Labute approximate surface area is 112 Å². The first kappa shape index (κ1) is 11.4. The van der Waals surface area contributed by atoms with Gasteiger partial charge in [0.1, 0.15) is 10.4 Å². The Bertz CT molecular complexity index is 553. The number of fused-ring (bicyclic) bond motifs is 1. The van der Waals surface area contributed by atoms with E-state index in [1.54, 1.807) is 0 Å². The number of pyridine rings is 1. The van der Waals surface area contributed by atoms with Crippen molar-refractivity contribution in [2.24, 2.45) is 0 Å². The first-order chi connectivity index (χ1) is 8.28. The lowest BCUT2D eigenvalue weighted by Gasteiger charge is -2.27. The molecule has 2 aromatic heterocycles. The van der Waals surface area contributed by atoms with E-state index in [9.17, 15) is 0 Å². The van der Waals surface area contributed by atoms with Gasteiger partial charge in [-0.3, -0.25) is 0 Å². The number of hydrogen-bond acceptors (Lipinski definition) is 3. The Morgan fingerprint density at radius 2 is 2.29 bits per heavy atom. The fourth-order valence-corrected chi connectivity index (χ4v) is 2.47. The first-order valence-corrected chi connectivity index (χ1v) is 6.80. The van der Waals surface area contributed by atoms with E-state index < -0.39 is 0 Å². The molecule has 1 aliphatic rings. The zero-order valence-electron chi connectivity index (χ0n) is 9.07. The van der Waals surface area contributed by atoms with Gasteiger partial charge in [-0.15, -0.1) is 11.6 Å². The summed E-state index contributed by atoms with van der Waals surface area (Å²) in [6.45, 7) is 1.67. The zero-order chi connectivity index (χ0) is 11.8. The van der Waals surface area contributed by atoms with Crippen LogP contribution < -0.4 is 0 Å². The van der Waals surface area contributed by atoms with Crippen LogP contribution in [0, 0.1) is 0 Å². The van der Waals surface area contributed by atoms with Crippen LogP contribution in [-0.2, 0) is 17.2 Å². The van der Waals surface area contributed by atoms with Gasteiger partial charge in [-0.1, -0.05) is 0 Å². The molecule has 0 aromatic carbocycles. The molecule has 2 aromatic rings. The van der Waals surface area contributed by atoms with Gasteiger partial charge in [-0.05, 0) is 34.5 Å². The summed E-state index contributed by atoms with van der Waals surface area (Å²) in [5.74, 6) is 1.24. The van der Waals surface area contributed by atoms with Gasteiger partial charge >= 0.3 is 0 Å². The molecule has 0 saturated carbocycles. The van der Waals surface area contributed by atoms with E-state index in [0.717, 1.165) is 41.2 Å². The molecule has 90 valence electrons. The summed E-state index contributed by atoms with van der Waals surface area (Å²) in [6, 6.07) is 3.92. The second-order valence-corrected chi connectivity index (χ2v) is 5.11. The van der Waals surface area contributed by atoms with Crippen LogP contribution >= 0.6 is 27.5 Å². The van der Waals surface area contributed by atoms with E-state index in [1.165, 1.54) is 0 Å². The Morgan fingerprint density at radius 3 is 2.94 bits per heavy atom. The Hall–Kier alpha value is -0.650. The highest BCUT2D eigenvalue weighted by Crippen LogP contribution is 2.22. The summed E-state index contributed by atoms with van der Waals surface area (Å²) < 4.78 is 8.35. The quantitative estimate of drug-likeness (QED) is 0.646. The van der Waals surface area contributed by atoms with Crippen molar-refractivity contribution in [1.29, 1.82) is 0 Å². The molecule has 0 unspecified atom stereocenters. The van der Waals surface area contributed by atoms with Crippen LogP contribution in [0.5, 0.6) is 0 Å². The Morgan fingerprint density at radius 1 is 1.47 bits per heavy atom. The summed E-state index contributed by atoms with van der Waals surface area (Å²) in [5.41, 5.74) is 1.74. The monoisotopic (exact) mass is 315 g/mol. The van der Waals surface area contributed by atoms with E-state index in [2.05, 4.69) is 30.5 Å². The molecule has 0 spiro atoms. The lowest BCUT2D eigenvalue weighted by molar-refractivity contribution is -0.0589. The summed E-state index contributed by atoms with van der Waals surface area (Å²) in [5, 5.41) is 0. The average molecular weight is 317 g/mol. The number of ether oxygens (including phenoxy) is 1. The van der Waals surface area contributed by atoms with Gasteiger partial charge in [0, 0.05) is 6.61 Å². The van der Waals surface area contributed by atoms with Crippen LogP contribution in [0.25, 0.3) is 11.2 Å². The highest BCUT2D eigenvalue weighted by Gasteiger charge is 2.21.